The SMILES string of the molecule is CC(=O)O[C@H]1CC[C@]2(C)[C@H]3CC[C@]4(C)[C@@H]([C@H](C)CCC(C)C(C)C)CC[C@H]4[C@@H]3C[C@@H](OC(C)=O)[C@@]2(O)C1. The lowest BCUT2D eigenvalue weighted by atomic mass is 9.42. The maximum atomic E-state index is 12.3. The number of fused-ring (bicyclic) bond motifs is 5. The van der Waals surface area contributed by atoms with Crippen molar-refractivity contribution in [2.45, 2.75) is 137 Å². The number of hydrogen-bond acceptors (Lipinski definition) is 5. The Morgan fingerprint density at radius 2 is 1.57 bits per heavy atom. The van der Waals surface area contributed by atoms with Crippen molar-refractivity contribution < 1.29 is 24.2 Å². The molecule has 212 valence electrons. The molecule has 0 aliphatic heterocycles. The van der Waals surface area contributed by atoms with Gasteiger partial charge in [0.25, 0.3) is 0 Å². The number of ether oxygens (including phenoxy) is 2. The van der Waals surface area contributed by atoms with Gasteiger partial charge in [0.05, 0.1) is 0 Å². The number of carbonyl (C=O) groups excluding carboxylic acids is 2. The smallest absolute Gasteiger partial charge is 0.303 e. The second kappa shape index (κ2) is 10.5. The summed E-state index contributed by atoms with van der Waals surface area (Å²) in [6, 6.07) is 0. The van der Waals surface area contributed by atoms with Crippen LogP contribution in [-0.4, -0.2) is 34.9 Å². The maximum Gasteiger partial charge on any atom is 0.303 e. The van der Waals surface area contributed by atoms with E-state index in [4.69, 9.17) is 9.47 Å². The zero-order valence-electron chi connectivity index (χ0n) is 24.8. The number of aliphatic hydroxyl groups is 1. The van der Waals surface area contributed by atoms with Crippen molar-refractivity contribution in [1.82, 2.24) is 0 Å². The lowest BCUT2D eigenvalue weighted by Crippen LogP contribution is -2.69. The molecule has 0 aromatic heterocycles. The molecule has 0 amide bonds. The molecule has 1 N–H and O–H groups in total. The van der Waals surface area contributed by atoms with Gasteiger partial charge in [0.2, 0.25) is 0 Å². The van der Waals surface area contributed by atoms with E-state index in [0.29, 0.717) is 29.6 Å². The Morgan fingerprint density at radius 3 is 2.19 bits per heavy atom. The zero-order chi connectivity index (χ0) is 27.3. The predicted octanol–water partition coefficient (Wildman–Crippen LogP) is 6.94. The van der Waals surface area contributed by atoms with E-state index < -0.39 is 11.7 Å². The number of hydrogen-bond donors (Lipinski definition) is 1. The van der Waals surface area contributed by atoms with Crippen LogP contribution >= 0.6 is 0 Å². The van der Waals surface area contributed by atoms with Gasteiger partial charge in [-0.3, -0.25) is 9.59 Å². The minimum atomic E-state index is -1.16. The molecule has 0 spiro atoms. The Labute approximate surface area is 225 Å². The summed E-state index contributed by atoms with van der Waals surface area (Å²) in [5, 5.41) is 12.3. The van der Waals surface area contributed by atoms with Crippen LogP contribution in [0.25, 0.3) is 0 Å². The second-order valence-corrected chi connectivity index (χ2v) is 14.5. The highest BCUT2D eigenvalue weighted by Gasteiger charge is 2.68. The summed E-state index contributed by atoms with van der Waals surface area (Å²) in [7, 11) is 0. The van der Waals surface area contributed by atoms with Crippen LogP contribution in [-0.2, 0) is 19.1 Å². The number of carbonyl (C=O) groups is 2. The summed E-state index contributed by atoms with van der Waals surface area (Å²) in [6.45, 7) is 17.3. The van der Waals surface area contributed by atoms with Gasteiger partial charge in [-0.25, -0.2) is 0 Å². The molecule has 37 heavy (non-hydrogen) atoms. The van der Waals surface area contributed by atoms with Gasteiger partial charge in [-0.2, -0.15) is 0 Å². The van der Waals surface area contributed by atoms with Crippen molar-refractivity contribution >= 4 is 11.9 Å². The van der Waals surface area contributed by atoms with E-state index in [1.54, 1.807) is 0 Å². The van der Waals surface area contributed by atoms with Gasteiger partial charge in [-0.05, 0) is 91.8 Å². The Hall–Kier alpha value is -1.10. The van der Waals surface area contributed by atoms with Crippen molar-refractivity contribution in [1.29, 1.82) is 0 Å². The summed E-state index contributed by atoms with van der Waals surface area (Å²) in [5.41, 5.74) is -1.18. The summed E-state index contributed by atoms with van der Waals surface area (Å²) < 4.78 is 11.5. The van der Waals surface area contributed by atoms with E-state index in [0.717, 1.165) is 49.4 Å². The van der Waals surface area contributed by atoms with Gasteiger partial charge >= 0.3 is 11.9 Å². The molecule has 11 atom stereocenters. The van der Waals surface area contributed by atoms with E-state index in [2.05, 4.69) is 41.5 Å². The molecular formula is C32H54O5. The predicted molar refractivity (Wildman–Crippen MR) is 146 cm³/mol. The molecule has 4 aliphatic carbocycles. The molecule has 0 saturated heterocycles. The fraction of sp³-hybridized carbons (Fsp3) is 0.938. The van der Waals surface area contributed by atoms with Gasteiger partial charge in [-0.15, -0.1) is 0 Å². The molecule has 0 bridgehead atoms. The average molecular weight is 519 g/mol. The summed E-state index contributed by atoms with van der Waals surface area (Å²) in [6.07, 6.45) is 9.34. The van der Waals surface area contributed by atoms with Gasteiger partial charge < -0.3 is 14.6 Å². The fourth-order valence-electron chi connectivity index (χ4n) is 9.93. The summed E-state index contributed by atoms with van der Waals surface area (Å²) in [5.74, 6) is 3.84. The molecule has 0 aromatic carbocycles. The summed E-state index contributed by atoms with van der Waals surface area (Å²) in [4.78, 5) is 24.0. The first kappa shape index (κ1) is 28.9. The Bertz CT molecular complexity index is 854. The Balaban J connectivity index is 1.58. The standard InChI is InChI=1S/C32H54O5/c1-19(2)20(3)9-10-21(4)26-11-12-27-25-17-29(37-23(6)34)32(35)18-24(36-22(5)33)13-16-31(32,8)28(25)14-15-30(26,27)7/h19-21,24-29,35H,9-18H2,1-8H3/t20?,21-,24+,25+,26-,27+,28+,29-,30-,31-,32+/m1/s1. The molecule has 4 fully saturated rings. The molecule has 5 heteroatoms. The van der Waals surface area contributed by atoms with Crippen molar-refractivity contribution in [3.63, 3.8) is 0 Å². The normalized spacial score (nSPS) is 44.8. The molecule has 1 unspecified atom stereocenters. The third kappa shape index (κ3) is 5.00. The summed E-state index contributed by atoms with van der Waals surface area (Å²) >= 11 is 0. The highest BCUT2D eigenvalue weighted by Crippen LogP contribution is 2.69. The molecule has 5 nitrogen and oxygen atoms in total. The van der Waals surface area contributed by atoms with Crippen LogP contribution in [0.4, 0.5) is 0 Å². The number of rotatable bonds is 7. The largest absolute Gasteiger partial charge is 0.462 e. The van der Waals surface area contributed by atoms with Crippen molar-refractivity contribution in [2.75, 3.05) is 0 Å². The van der Waals surface area contributed by atoms with Crippen molar-refractivity contribution in [2.24, 2.45) is 52.3 Å². The third-order valence-corrected chi connectivity index (χ3v) is 12.4. The fourth-order valence-corrected chi connectivity index (χ4v) is 9.93. The number of esters is 2. The first-order chi connectivity index (χ1) is 17.2. The minimum absolute atomic E-state index is 0.308. The van der Waals surface area contributed by atoms with Crippen LogP contribution in [0.2, 0.25) is 0 Å². The molecule has 0 radical (unpaired) electrons. The van der Waals surface area contributed by atoms with Gasteiger partial charge in [0, 0.05) is 25.7 Å². The zero-order valence-corrected chi connectivity index (χ0v) is 24.8. The highest BCUT2D eigenvalue weighted by molar-refractivity contribution is 5.66. The van der Waals surface area contributed by atoms with E-state index in [1.807, 2.05) is 0 Å². The highest BCUT2D eigenvalue weighted by atomic mass is 16.6. The first-order valence-corrected chi connectivity index (χ1v) is 15.3. The van der Waals surface area contributed by atoms with Crippen LogP contribution < -0.4 is 0 Å². The van der Waals surface area contributed by atoms with Crippen LogP contribution in [0, 0.1) is 52.3 Å². The van der Waals surface area contributed by atoms with Crippen LogP contribution in [0.5, 0.6) is 0 Å². The molecule has 4 rings (SSSR count). The van der Waals surface area contributed by atoms with E-state index in [1.165, 1.54) is 46.0 Å². The van der Waals surface area contributed by atoms with E-state index >= 15 is 0 Å². The van der Waals surface area contributed by atoms with Gasteiger partial charge in [-0.1, -0.05) is 54.4 Å². The lowest BCUT2D eigenvalue weighted by Gasteiger charge is -2.65. The lowest BCUT2D eigenvalue weighted by molar-refractivity contribution is -0.271. The van der Waals surface area contributed by atoms with E-state index in [-0.39, 0.29) is 23.5 Å². The maximum absolute atomic E-state index is 12.3. The Morgan fingerprint density at radius 1 is 0.892 bits per heavy atom. The Kier molecular flexibility index (Phi) is 8.18. The van der Waals surface area contributed by atoms with E-state index in [9.17, 15) is 14.7 Å². The van der Waals surface area contributed by atoms with Crippen LogP contribution in [0.15, 0.2) is 0 Å². The van der Waals surface area contributed by atoms with Crippen molar-refractivity contribution in [3.8, 4) is 0 Å². The van der Waals surface area contributed by atoms with Crippen LogP contribution in [0.1, 0.15) is 120 Å². The molecule has 4 saturated carbocycles. The second-order valence-electron chi connectivity index (χ2n) is 14.5. The third-order valence-electron chi connectivity index (χ3n) is 12.4. The van der Waals surface area contributed by atoms with Crippen LogP contribution in [0.3, 0.4) is 0 Å². The molecule has 4 aliphatic rings. The molecular weight excluding hydrogens is 464 g/mol. The minimum Gasteiger partial charge on any atom is -0.462 e. The monoisotopic (exact) mass is 518 g/mol. The van der Waals surface area contributed by atoms with Gasteiger partial charge in [0.1, 0.15) is 17.8 Å². The molecule has 0 aromatic rings. The average Bonchev–Trinajstić information content (AvgIpc) is 3.15. The van der Waals surface area contributed by atoms with Gasteiger partial charge in [0.15, 0.2) is 0 Å². The quantitative estimate of drug-likeness (QED) is 0.370. The molecule has 0 heterocycles. The van der Waals surface area contributed by atoms with Crippen molar-refractivity contribution in [3.05, 3.63) is 0 Å². The topological polar surface area (TPSA) is 72.8 Å². The first-order valence-electron chi connectivity index (χ1n) is 15.3.